The molecule has 0 aliphatic heterocycles. The lowest BCUT2D eigenvalue weighted by molar-refractivity contribution is -0.139. The Morgan fingerprint density at radius 1 is 0.971 bits per heavy atom. The number of fused-ring (bicyclic) bond motifs is 3. The molecule has 3 aliphatic carbocycles. The summed E-state index contributed by atoms with van der Waals surface area (Å²) in [5.41, 5.74) is 4.08. The predicted molar refractivity (Wildman–Crippen MR) is 126 cm³/mol. The van der Waals surface area contributed by atoms with Gasteiger partial charge in [-0.1, -0.05) is 61.4 Å². The molecule has 0 radical (unpaired) electrons. The summed E-state index contributed by atoms with van der Waals surface area (Å²) < 4.78 is 5.57. The van der Waals surface area contributed by atoms with Crippen molar-refractivity contribution in [3.05, 3.63) is 59.7 Å². The van der Waals surface area contributed by atoms with Gasteiger partial charge in [-0.05, 0) is 47.4 Å². The monoisotopic (exact) mass is 462 g/mol. The SMILES string of the molecule is O=C(O)CC1(NC(=O)[C@@H]2C[C@@H]2CNC(=O)OCC2c3ccccc3-c3ccccc32)CCCC1. The van der Waals surface area contributed by atoms with Crippen molar-refractivity contribution in [3.63, 3.8) is 0 Å². The summed E-state index contributed by atoms with van der Waals surface area (Å²) >= 11 is 0. The molecule has 178 valence electrons. The van der Waals surface area contributed by atoms with Crippen LogP contribution in [0.3, 0.4) is 0 Å². The summed E-state index contributed by atoms with van der Waals surface area (Å²) in [6.45, 7) is 0.632. The third kappa shape index (κ3) is 4.52. The van der Waals surface area contributed by atoms with Crippen LogP contribution in [-0.4, -0.2) is 41.8 Å². The lowest BCUT2D eigenvalue weighted by Crippen LogP contribution is -2.48. The second-order valence-electron chi connectivity index (χ2n) is 9.86. The quantitative estimate of drug-likeness (QED) is 0.549. The van der Waals surface area contributed by atoms with Crippen molar-refractivity contribution < 1.29 is 24.2 Å². The van der Waals surface area contributed by atoms with Crippen molar-refractivity contribution in [2.45, 2.75) is 50.0 Å². The second kappa shape index (κ2) is 9.12. The number of benzene rings is 2. The molecule has 7 heteroatoms. The smallest absolute Gasteiger partial charge is 0.407 e. The van der Waals surface area contributed by atoms with E-state index in [1.807, 2.05) is 24.3 Å². The van der Waals surface area contributed by atoms with Gasteiger partial charge in [0.25, 0.3) is 0 Å². The van der Waals surface area contributed by atoms with Gasteiger partial charge in [-0.25, -0.2) is 4.79 Å². The predicted octanol–water partition coefficient (Wildman–Crippen LogP) is 4.06. The van der Waals surface area contributed by atoms with E-state index in [0.29, 0.717) is 25.8 Å². The molecule has 0 saturated heterocycles. The fourth-order valence-corrected chi connectivity index (χ4v) is 5.70. The summed E-state index contributed by atoms with van der Waals surface area (Å²) in [7, 11) is 0. The molecule has 2 aromatic carbocycles. The van der Waals surface area contributed by atoms with Gasteiger partial charge in [0.05, 0.1) is 12.0 Å². The summed E-state index contributed by atoms with van der Waals surface area (Å²) in [4.78, 5) is 36.3. The molecule has 0 unspecified atom stereocenters. The van der Waals surface area contributed by atoms with Crippen molar-refractivity contribution >= 4 is 18.0 Å². The molecule has 0 aromatic heterocycles. The van der Waals surface area contributed by atoms with Crippen LogP contribution in [-0.2, 0) is 14.3 Å². The average Bonchev–Trinajstić information content (AvgIpc) is 3.37. The molecule has 2 amide bonds. The van der Waals surface area contributed by atoms with Crippen molar-refractivity contribution in [1.29, 1.82) is 0 Å². The van der Waals surface area contributed by atoms with E-state index in [1.165, 1.54) is 11.1 Å². The number of aliphatic carboxylic acids is 1. The van der Waals surface area contributed by atoms with E-state index >= 15 is 0 Å². The zero-order chi connectivity index (χ0) is 23.7. The highest BCUT2D eigenvalue weighted by Crippen LogP contribution is 2.44. The van der Waals surface area contributed by atoms with E-state index in [4.69, 9.17) is 4.74 Å². The van der Waals surface area contributed by atoms with Gasteiger partial charge in [0.15, 0.2) is 0 Å². The Morgan fingerprint density at radius 2 is 1.59 bits per heavy atom. The molecule has 2 saturated carbocycles. The number of carboxylic acid groups (broad SMARTS) is 1. The summed E-state index contributed by atoms with van der Waals surface area (Å²) in [6.07, 6.45) is 3.47. The number of carbonyl (C=O) groups is 3. The van der Waals surface area contributed by atoms with Gasteiger partial charge in [0.1, 0.15) is 6.61 Å². The molecule has 0 heterocycles. The molecule has 2 atom stereocenters. The Bertz CT molecular complexity index is 1060. The van der Waals surface area contributed by atoms with E-state index in [0.717, 1.165) is 24.0 Å². The van der Waals surface area contributed by atoms with Gasteiger partial charge in [-0.15, -0.1) is 0 Å². The van der Waals surface area contributed by atoms with Gasteiger partial charge in [0.2, 0.25) is 5.91 Å². The lowest BCUT2D eigenvalue weighted by atomic mass is 9.93. The molecular formula is C27H30N2O5. The van der Waals surface area contributed by atoms with Crippen LogP contribution in [0.25, 0.3) is 11.1 Å². The van der Waals surface area contributed by atoms with Gasteiger partial charge < -0.3 is 20.5 Å². The number of carboxylic acids is 1. The number of hydrogen-bond donors (Lipinski definition) is 3. The first-order valence-electron chi connectivity index (χ1n) is 12.1. The van der Waals surface area contributed by atoms with Crippen LogP contribution in [0.5, 0.6) is 0 Å². The molecule has 0 spiro atoms. The third-order valence-corrected chi connectivity index (χ3v) is 7.55. The topological polar surface area (TPSA) is 105 Å². The number of hydrogen-bond acceptors (Lipinski definition) is 4. The number of carbonyl (C=O) groups excluding carboxylic acids is 2. The zero-order valence-electron chi connectivity index (χ0n) is 19.1. The standard InChI is InChI=1S/C27H30N2O5/c30-24(31)14-27(11-5-6-12-27)29-25(32)22-13-17(22)15-28-26(33)34-16-23-20-9-3-1-7-18(20)19-8-2-4-10-21(19)23/h1-4,7-10,17,22-23H,5-6,11-16H2,(H,28,33)(H,29,32)(H,30,31)/t17-,22-/m1/s1. The molecule has 2 fully saturated rings. The van der Waals surface area contributed by atoms with Crippen molar-refractivity contribution in [1.82, 2.24) is 10.6 Å². The lowest BCUT2D eigenvalue weighted by Gasteiger charge is -2.28. The first kappa shape index (κ1) is 22.4. The molecule has 34 heavy (non-hydrogen) atoms. The fourth-order valence-electron chi connectivity index (χ4n) is 5.70. The second-order valence-corrected chi connectivity index (χ2v) is 9.86. The van der Waals surface area contributed by atoms with Gasteiger partial charge in [0, 0.05) is 18.4 Å². The van der Waals surface area contributed by atoms with Crippen LogP contribution >= 0.6 is 0 Å². The van der Waals surface area contributed by atoms with Crippen molar-refractivity contribution in [2.24, 2.45) is 11.8 Å². The first-order chi connectivity index (χ1) is 16.5. The summed E-state index contributed by atoms with van der Waals surface area (Å²) in [5.74, 6) is -1.09. The maximum absolute atomic E-state index is 12.7. The minimum atomic E-state index is -0.883. The normalized spacial score (nSPS) is 21.9. The Hall–Kier alpha value is -3.35. The molecule has 2 aromatic rings. The number of ether oxygens (including phenoxy) is 1. The first-order valence-corrected chi connectivity index (χ1v) is 12.1. The van der Waals surface area contributed by atoms with Gasteiger partial charge in [-0.3, -0.25) is 9.59 Å². The average molecular weight is 463 g/mol. The van der Waals surface area contributed by atoms with Crippen LogP contribution in [0.2, 0.25) is 0 Å². The summed E-state index contributed by atoms with van der Waals surface area (Å²) in [5, 5.41) is 15.1. The minimum absolute atomic E-state index is 0.00874. The molecule has 3 N–H and O–H groups in total. The fraction of sp³-hybridized carbons (Fsp3) is 0.444. The maximum atomic E-state index is 12.7. The van der Waals surface area contributed by atoms with E-state index in [-0.39, 0.29) is 36.7 Å². The molecule has 5 rings (SSSR count). The number of alkyl carbamates (subject to hydrolysis) is 1. The van der Waals surface area contributed by atoms with Crippen LogP contribution in [0.15, 0.2) is 48.5 Å². The Morgan fingerprint density at radius 3 is 2.21 bits per heavy atom. The zero-order valence-corrected chi connectivity index (χ0v) is 19.1. The molecule has 7 nitrogen and oxygen atoms in total. The van der Waals surface area contributed by atoms with Crippen molar-refractivity contribution in [3.8, 4) is 11.1 Å². The number of amides is 2. The van der Waals surface area contributed by atoms with E-state index in [1.54, 1.807) is 0 Å². The van der Waals surface area contributed by atoms with E-state index in [2.05, 4.69) is 34.9 Å². The largest absolute Gasteiger partial charge is 0.481 e. The Balaban J connectivity index is 1.10. The van der Waals surface area contributed by atoms with Crippen LogP contribution in [0.1, 0.15) is 55.6 Å². The Labute approximate surface area is 198 Å². The minimum Gasteiger partial charge on any atom is -0.481 e. The van der Waals surface area contributed by atoms with E-state index in [9.17, 15) is 19.5 Å². The number of nitrogens with one attached hydrogen (secondary N) is 2. The van der Waals surface area contributed by atoms with Crippen LogP contribution < -0.4 is 10.6 Å². The molecule has 3 aliphatic rings. The molecular weight excluding hydrogens is 432 g/mol. The number of rotatable bonds is 8. The van der Waals surface area contributed by atoms with Gasteiger partial charge >= 0.3 is 12.1 Å². The van der Waals surface area contributed by atoms with E-state index < -0.39 is 17.6 Å². The van der Waals surface area contributed by atoms with Crippen molar-refractivity contribution in [2.75, 3.05) is 13.2 Å². The highest BCUT2D eigenvalue weighted by atomic mass is 16.5. The third-order valence-electron chi connectivity index (χ3n) is 7.55. The van der Waals surface area contributed by atoms with Crippen LogP contribution in [0, 0.1) is 11.8 Å². The van der Waals surface area contributed by atoms with Crippen LogP contribution in [0.4, 0.5) is 4.79 Å². The molecule has 0 bridgehead atoms. The Kier molecular flexibility index (Phi) is 6.02. The van der Waals surface area contributed by atoms with Gasteiger partial charge in [-0.2, -0.15) is 0 Å². The summed E-state index contributed by atoms with van der Waals surface area (Å²) in [6, 6.07) is 16.4. The highest BCUT2D eigenvalue weighted by molar-refractivity contribution is 5.83. The highest BCUT2D eigenvalue weighted by Gasteiger charge is 2.46. The maximum Gasteiger partial charge on any atom is 0.407 e.